The number of ketones is 1. The zero-order chi connectivity index (χ0) is 8.69. The fourth-order valence-corrected chi connectivity index (χ4v) is 1.75. The Morgan fingerprint density at radius 2 is 1.91 bits per heavy atom. The van der Waals surface area contributed by atoms with Crippen molar-refractivity contribution in [3.8, 4) is 0 Å². The molecule has 0 bridgehead atoms. The molecule has 0 heterocycles. The van der Waals surface area contributed by atoms with Crippen molar-refractivity contribution in [2.24, 2.45) is 0 Å². The third kappa shape index (κ3) is 7.92. The van der Waals surface area contributed by atoms with E-state index in [1.54, 1.807) is 0 Å². The number of unbranched alkanes of at least 4 members (excludes halogenated alkanes) is 2. The zero-order valence-corrected chi connectivity index (χ0v) is 8.67. The van der Waals surface area contributed by atoms with Gasteiger partial charge in [0.15, 0.2) is 11.5 Å². The van der Waals surface area contributed by atoms with Crippen LogP contribution in [0.2, 0.25) is 0 Å². The second kappa shape index (κ2) is 6.71. The second-order valence-electron chi connectivity index (χ2n) is 3.13. The Labute approximate surface area is 72.9 Å². The molecule has 0 atom stereocenters. The van der Waals surface area contributed by atoms with E-state index in [4.69, 9.17) is 0 Å². The SMILES string of the molecule is CCCCCC(=O)C[S+](C)C. The van der Waals surface area contributed by atoms with Crippen molar-refractivity contribution in [1.29, 1.82) is 0 Å². The van der Waals surface area contributed by atoms with Gasteiger partial charge in [-0.25, -0.2) is 0 Å². The van der Waals surface area contributed by atoms with Gasteiger partial charge in [0.25, 0.3) is 0 Å². The van der Waals surface area contributed by atoms with Crippen LogP contribution in [0.5, 0.6) is 0 Å². The van der Waals surface area contributed by atoms with Crippen molar-refractivity contribution in [2.75, 3.05) is 18.3 Å². The van der Waals surface area contributed by atoms with Crippen molar-refractivity contribution < 1.29 is 4.79 Å². The molecule has 0 rings (SSSR count). The van der Waals surface area contributed by atoms with E-state index in [-0.39, 0.29) is 0 Å². The quantitative estimate of drug-likeness (QED) is 0.446. The number of carbonyl (C=O) groups is 1. The van der Waals surface area contributed by atoms with Gasteiger partial charge in [-0.3, -0.25) is 4.79 Å². The van der Waals surface area contributed by atoms with Crippen LogP contribution in [-0.4, -0.2) is 24.0 Å². The van der Waals surface area contributed by atoms with Crippen molar-refractivity contribution in [3.05, 3.63) is 0 Å². The summed E-state index contributed by atoms with van der Waals surface area (Å²) >= 11 is 0. The standard InChI is InChI=1S/C9H19OS/c1-4-5-6-7-9(10)8-11(2)3/h4-8H2,1-3H3/q+1. The molecule has 0 fully saturated rings. The predicted octanol–water partition coefficient (Wildman–Crippen LogP) is 2.01. The van der Waals surface area contributed by atoms with Crippen LogP contribution >= 0.6 is 0 Å². The maximum Gasteiger partial charge on any atom is 0.181 e. The lowest BCUT2D eigenvalue weighted by Gasteiger charge is -1.96. The van der Waals surface area contributed by atoms with Crippen LogP contribution in [0.4, 0.5) is 0 Å². The van der Waals surface area contributed by atoms with E-state index < -0.39 is 0 Å². The third-order valence-electron chi connectivity index (χ3n) is 1.51. The first kappa shape index (κ1) is 11.0. The number of carbonyl (C=O) groups excluding carboxylic acids is 1. The normalized spacial score (nSPS) is 10.5. The molecule has 11 heavy (non-hydrogen) atoms. The monoisotopic (exact) mass is 175 g/mol. The van der Waals surface area contributed by atoms with Crippen LogP contribution in [-0.2, 0) is 15.7 Å². The summed E-state index contributed by atoms with van der Waals surface area (Å²) in [6, 6.07) is 0. The highest BCUT2D eigenvalue weighted by Gasteiger charge is 2.09. The summed E-state index contributed by atoms with van der Waals surface area (Å²) in [5.41, 5.74) is 0. The lowest BCUT2D eigenvalue weighted by atomic mass is 10.2. The molecule has 0 aliphatic carbocycles. The van der Waals surface area contributed by atoms with E-state index in [2.05, 4.69) is 19.4 Å². The van der Waals surface area contributed by atoms with Gasteiger partial charge < -0.3 is 0 Å². The minimum atomic E-state index is 0.299. The van der Waals surface area contributed by atoms with Crippen LogP contribution in [0.25, 0.3) is 0 Å². The van der Waals surface area contributed by atoms with E-state index in [1.807, 2.05) is 0 Å². The van der Waals surface area contributed by atoms with Crippen molar-refractivity contribution in [2.45, 2.75) is 32.6 Å². The molecule has 0 N–H and O–H groups in total. The van der Waals surface area contributed by atoms with Crippen LogP contribution < -0.4 is 0 Å². The molecule has 0 aromatic carbocycles. The second-order valence-corrected chi connectivity index (χ2v) is 5.39. The van der Waals surface area contributed by atoms with Gasteiger partial charge in [0.05, 0.1) is 12.5 Å². The zero-order valence-electron chi connectivity index (χ0n) is 7.85. The predicted molar refractivity (Wildman–Crippen MR) is 53.2 cm³/mol. The van der Waals surface area contributed by atoms with Crippen molar-refractivity contribution >= 4 is 16.7 Å². The fourth-order valence-electron chi connectivity index (χ4n) is 0.966. The maximum absolute atomic E-state index is 11.1. The number of rotatable bonds is 6. The number of hydrogen-bond acceptors (Lipinski definition) is 1. The molecular weight excluding hydrogens is 156 g/mol. The van der Waals surface area contributed by atoms with Gasteiger partial charge in [-0.05, 0) is 17.3 Å². The average molecular weight is 175 g/mol. The van der Waals surface area contributed by atoms with Crippen LogP contribution in [0.15, 0.2) is 0 Å². The Bertz CT molecular complexity index is 110. The van der Waals surface area contributed by atoms with Gasteiger partial charge in [0, 0.05) is 6.42 Å². The summed E-state index contributed by atoms with van der Waals surface area (Å²) in [4.78, 5) is 11.1. The maximum atomic E-state index is 11.1. The largest absolute Gasteiger partial charge is 0.294 e. The summed E-state index contributed by atoms with van der Waals surface area (Å²) in [6.45, 7) is 2.16. The highest BCUT2D eigenvalue weighted by molar-refractivity contribution is 7.96. The summed E-state index contributed by atoms with van der Waals surface area (Å²) in [7, 11) is 0.299. The molecule has 0 amide bonds. The van der Waals surface area contributed by atoms with E-state index >= 15 is 0 Å². The molecule has 0 radical (unpaired) electrons. The Morgan fingerprint density at radius 3 is 2.36 bits per heavy atom. The molecule has 0 saturated carbocycles. The van der Waals surface area contributed by atoms with Crippen LogP contribution in [0.3, 0.4) is 0 Å². The number of hydrogen-bond donors (Lipinski definition) is 0. The minimum absolute atomic E-state index is 0.299. The number of Topliss-reactive ketones (excluding diaryl/α,β-unsaturated/α-hetero) is 1. The summed E-state index contributed by atoms with van der Waals surface area (Å²) in [5, 5.41) is 0. The summed E-state index contributed by atoms with van der Waals surface area (Å²) < 4.78 is 0. The molecule has 66 valence electrons. The molecule has 0 aromatic heterocycles. The Morgan fingerprint density at radius 1 is 1.27 bits per heavy atom. The molecular formula is C9H19OS+. The lowest BCUT2D eigenvalue weighted by Crippen LogP contribution is -2.13. The molecule has 0 aliphatic rings. The topological polar surface area (TPSA) is 17.1 Å². The van der Waals surface area contributed by atoms with E-state index in [0.717, 1.165) is 18.6 Å². The Kier molecular flexibility index (Phi) is 6.73. The highest BCUT2D eigenvalue weighted by atomic mass is 32.2. The van der Waals surface area contributed by atoms with E-state index in [1.165, 1.54) is 12.8 Å². The fraction of sp³-hybridized carbons (Fsp3) is 0.889. The smallest absolute Gasteiger partial charge is 0.181 e. The van der Waals surface area contributed by atoms with Gasteiger partial charge in [0.2, 0.25) is 0 Å². The van der Waals surface area contributed by atoms with Crippen LogP contribution in [0, 0.1) is 0 Å². The first-order chi connectivity index (χ1) is 5.16. The van der Waals surface area contributed by atoms with Gasteiger partial charge in [-0.2, -0.15) is 0 Å². The highest BCUT2D eigenvalue weighted by Crippen LogP contribution is 2.00. The van der Waals surface area contributed by atoms with Gasteiger partial charge in [-0.1, -0.05) is 19.8 Å². The van der Waals surface area contributed by atoms with Gasteiger partial charge in [0.1, 0.15) is 0 Å². The first-order valence-corrected chi connectivity index (χ1v) is 6.43. The first-order valence-electron chi connectivity index (χ1n) is 4.22. The molecule has 2 heteroatoms. The summed E-state index contributed by atoms with van der Waals surface area (Å²) in [5.74, 6) is 1.25. The van der Waals surface area contributed by atoms with E-state index in [0.29, 0.717) is 16.7 Å². The molecule has 0 unspecified atom stereocenters. The minimum Gasteiger partial charge on any atom is -0.294 e. The molecule has 0 saturated heterocycles. The third-order valence-corrected chi connectivity index (χ3v) is 2.41. The van der Waals surface area contributed by atoms with Crippen LogP contribution in [0.1, 0.15) is 32.6 Å². The van der Waals surface area contributed by atoms with E-state index in [9.17, 15) is 4.79 Å². The molecule has 1 nitrogen and oxygen atoms in total. The van der Waals surface area contributed by atoms with Gasteiger partial charge >= 0.3 is 0 Å². The Hall–Kier alpha value is 0.0200. The summed E-state index contributed by atoms with van der Waals surface area (Å²) in [6.07, 6.45) is 8.55. The molecule has 0 aromatic rings. The van der Waals surface area contributed by atoms with Crippen molar-refractivity contribution in [3.63, 3.8) is 0 Å². The average Bonchev–Trinajstić information content (AvgIpc) is 1.86. The molecule has 0 spiro atoms. The van der Waals surface area contributed by atoms with Crippen molar-refractivity contribution in [1.82, 2.24) is 0 Å². The molecule has 0 aliphatic heterocycles. The van der Waals surface area contributed by atoms with Gasteiger partial charge in [-0.15, -0.1) is 0 Å². The Balaban J connectivity index is 3.23. The lowest BCUT2D eigenvalue weighted by molar-refractivity contribution is -0.116.